The predicted octanol–water partition coefficient (Wildman–Crippen LogP) is 2.43. The molecule has 0 amide bonds. The van der Waals surface area contributed by atoms with Gasteiger partial charge in [-0.1, -0.05) is 31.4 Å². The molecule has 0 aliphatic heterocycles. The van der Waals surface area contributed by atoms with Crippen molar-refractivity contribution in [3.05, 3.63) is 29.3 Å². The minimum atomic E-state index is -0.487. The molecule has 3 nitrogen and oxygen atoms in total. The summed E-state index contributed by atoms with van der Waals surface area (Å²) in [4.78, 5) is 0. The molecule has 1 atom stereocenters. The molecule has 0 aromatic heterocycles. The molecular weight excluding hydrogens is 214 g/mol. The molecule has 1 aliphatic carbocycles. The molecule has 1 aliphatic rings. The average Bonchev–Trinajstić information content (AvgIpc) is 2.39. The molecule has 4 N–H and O–H groups in total. The summed E-state index contributed by atoms with van der Waals surface area (Å²) >= 11 is 0. The van der Waals surface area contributed by atoms with Gasteiger partial charge in [-0.2, -0.15) is 0 Å². The van der Waals surface area contributed by atoms with Crippen LogP contribution in [0.25, 0.3) is 0 Å². The normalized spacial score (nSPS) is 19.2. The van der Waals surface area contributed by atoms with Crippen molar-refractivity contribution in [1.82, 2.24) is 0 Å². The lowest BCUT2D eigenvalue weighted by Crippen LogP contribution is -2.15. The Bertz CT molecular complexity index is 372. The first kappa shape index (κ1) is 12.4. The Morgan fingerprint density at radius 2 is 1.94 bits per heavy atom. The molecule has 0 unspecified atom stereocenters. The fraction of sp³-hybridized carbons (Fsp3) is 0.571. The van der Waals surface area contributed by atoms with Crippen LogP contribution in [0.3, 0.4) is 0 Å². The first-order valence-electron chi connectivity index (χ1n) is 6.41. The zero-order valence-electron chi connectivity index (χ0n) is 10.1. The Kier molecular flexibility index (Phi) is 4.02. The van der Waals surface area contributed by atoms with Gasteiger partial charge in [-0.05, 0) is 30.4 Å². The van der Waals surface area contributed by atoms with Crippen molar-refractivity contribution in [3.63, 3.8) is 0 Å². The van der Waals surface area contributed by atoms with Gasteiger partial charge in [-0.15, -0.1) is 0 Å². The summed E-state index contributed by atoms with van der Waals surface area (Å²) < 4.78 is 0. The highest BCUT2D eigenvalue weighted by molar-refractivity contribution is 5.39. The fourth-order valence-electron chi connectivity index (χ4n) is 2.66. The molecule has 94 valence electrons. The zero-order valence-corrected chi connectivity index (χ0v) is 10.1. The minimum Gasteiger partial charge on any atom is -0.508 e. The molecule has 3 heteroatoms. The van der Waals surface area contributed by atoms with E-state index < -0.39 is 6.04 Å². The van der Waals surface area contributed by atoms with Crippen molar-refractivity contribution < 1.29 is 10.2 Å². The summed E-state index contributed by atoms with van der Waals surface area (Å²) in [6, 6.07) is 5.17. The van der Waals surface area contributed by atoms with Crippen LogP contribution in [-0.4, -0.2) is 16.8 Å². The Balaban J connectivity index is 2.23. The molecule has 0 heterocycles. The van der Waals surface area contributed by atoms with E-state index in [1.807, 2.05) is 12.1 Å². The van der Waals surface area contributed by atoms with Crippen LogP contribution in [0.5, 0.6) is 5.75 Å². The van der Waals surface area contributed by atoms with Crippen LogP contribution in [0.4, 0.5) is 0 Å². The molecule has 1 saturated carbocycles. The number of aliphatic hydroxyl groups is 1. The number of hydrogen-bond donors (Lipinski definition) is 3. The van der Waals surface area contributed by atoms with E-state index in [2.05, 4.69) is 0 Å². The largest absolute Gasteiger partial charge is 0.508 e. The van der Waals surface area contributed by atoms with Crippen LogP contribution >= 0.6 is 0 Å². The van der Waals surface area contributed by atoms with Crippen LogP contribution in [0.2, 0.25) is 0 Å². The lowest BCUT2D eigenvalue weighted by Gasteiger charge is -2.23. The van der Waals surface area contributed by atoms with Gasteiger partial charge in [0.05, 0.1) is 12.6 Å². The van der Waals surface area contributed by atoms with Gasteiger partial charge in [0.15, 0.2) is 0 Å². The van der Waals surface area contributed by atoms with Crippen molar-refractivity contribution in [1.29, 1.82) is 0 Å². The van der Waals surface area contributed by atoms with E-state index in [9.17, 15) is 5.11 Å². The maximum Gasteiger partial charge on any atom is 0.120 e. The van der Waals surface area contributed by atoms with Gasteiger partial charge in [0.25, 0.3) is 0 Å². The molecular formula is C14H21NO2. The Labute approximate surface area is 102 Å². The lowest BCUT2D eigenvalue weighted by molar-refractivity contribution is 0.265. The summed E-state index contributed by atoms with van der Waals surface area (Å²) in [5.74, 6) is 0.778. The second kappa shape index (κ2) is 5.52. The van der Waals surface area contributed by atoms with Crippen LogP contribution < -0.4 is 5.73 Å². The Hall–Kier alpha value is -1.06. The molecule has 0 bridgehead atoms. The number of aliphatic hydroxyl groups excluding tert-OH is 1. The number of aromatic hydroxyl groups is 1. The van der Waals surface area contributed by atoms with Gasteiger partial charge >= 0.3 is 0 Å². The number of rotatable bonds is 3. The smallest absolute Gasteiger partial charge is 0.120 e. The maximum atomic E-state index is 9.74. The predicted molar refractivity (Wildman–Crippen MR) is 67.9 cm³/mol. The highest BCUT2D eigenvalue weighted by Crippen LogP contribution is 2.35. The number of nitrogens with two attached hydrogens (primary N) is 1. The second-order valence-corrected chi connectivity index (χ2v) is 4.94. The molecule has 1 aromatic carbocycles. The quantitative estimate of drug-likeness (QED) is 0.753. The number of phenolic OH excluding ortho intramolecular Hbond substituents is 1. The third-order valence-corrected chi connectivity index (χ3v) is 3.72. The first-order chi connectivity index (χ1) is 8.22. The van der Waals surface area contributed by atoms with E-state index in [-0.39, 0.29) is 12.4 Å². The monoisotopic (exact) mass is 235 g/mol. The highest BCUT2D eigenvalue weighted by Gasteiger charge is 2.18. The van der Waals surface area contributed by atoms with E-state index in [0.717, 1.165) is 0 Å². The number of benzene rings is 1. The molecule has 0 saturated heterocycles. The SMILES string of the molecule is N[C@H](CO)c1cc(C2CCCCC2)ccc1O. The summed E-state index contributed by atoms with van der Waals surface area (Å²) in [7, 11) is 0. The summed E-state index contributed by atoms with van der Waals surface area (Å²) in [5, 5.41) is 18.8. The molecule has 1 aromatic rings. The van der Waals surface area contributed by atoms with Crippen molar-refractivity contribution in [3.8, 4) is 5.75 Å². The van der Waals surface area contributed by atoms with Gasteiger partial charge < -0.3 is 15.9 Å². The third kappa shape index (κ3) is 2.79. The molecule has 1 fully saturated rings. The van der Waals surface area contributed by atoms with E-state index >= 15 is 0 Å². The molecule has 0 spiro atoms. The minimum absolute atomic E-state index is 0.137. The average molecular weight is 235 g/mol. The first-order valence-corrected chi connectivity index (χ1v) is 6.41. The van der Waals surface area contributed by atoms with Crippen LogP contribution in [0, 0.1) is 0 Å². The van der Waals surface area contributed by atoms with E-state index in [0.29, 0.717) is 11.5 Å². The summed E-state index contributed by atoms with van der Waals surface area (Å²) in [6.45, 7) is -0.137. The van der Waals surface area contributed by atoms with Crippen LogP contribution in [0.15, 0.2) is 18.2 Å². The summed E-state index contributed by atoms with van der Waals surface area (Å²) in [5.41, 5.74) is 7.70. The van der Waals surface area contributed by atoms with Crippen molar-refractivity contribution >= 4 is 0 Å². The van der Waals surface area contributed by atoms with Gasteiger partial charge in [0, 0.05) is 5.56 Å². The Morgan fingerprint density at radius 1 is 1.24 bits per heavy atom. The van der Waals surface area contributed by atoms with E-state index in [1.165, 1.54) is 37.7 Å². The van der Waals surface area contributed by atoms with Crippen molar-refractivity contribution in [2.75, 3.05) is 6.61 Å². The van der Waals surface area contributed by atoms with Gasteiger partial charge in [0.2, 0.25) is 0 Å². The van der Waals surface area contributed by atoms with Crippen molar-refractivity contribution in [2.45, 2.75) is 44.1 Å². The zero-order chi connectivity index (χ0) is 12.3. The van der Waals surface area contributed by atoms with Gasteiger partial charge in [0.1, 0.15) is 5.75 Å². The van der Waals surface area contributed by atoms with Crippen LogP contribution in [0.1, 0.15) is 55.2 Å². The molecule has 0 radical (unpaired) electrons. The fourth-order valence-corrected chi connectivity index (χ4v) is 2.66. The highest BCUT2D eigenvalue weighted by atomic mass is 16.3. The van der Waals surface area contributed by atoms with Gasteiger partial charge in [-0.3, -0.25) is 0 Å². The lowest BCUT2D eigenvalue weighted by atomic mass is 9.83. The van der Waals surface area contributed by atoms with Gasteiger partial charge in [-0.25, -0.2) is 0 Å². The van der Waals surface area contributed by atoms with Crippen LogP contribution in [-0.2, 0) is 0 Å². The standard InChI is InChI=1S/C14H21NO2/c15-13(9-16)12-8-11(6-7-14(12)17)10-4-2-1-3-5-10/h6-8,10,13,16-17H,1-5,9,15H2/t13-/m1/s1. The third-order valence-electron chi connectivity index (χ3n) is 3.72. The van der Waals surface area contributed by atoms with E-state index in [1.54, 1.807) is 6.07 Å². The topological polar surface area (TPSA) is 66.5 Å². The Morgan fingerprint density at radius 3 is 2.59 bits per heavy atom. The number of phenols is 1. The van der Waals surface area contributed by atoms with E-state index in [4.69, 9.17) is 10.8 Å². The number of hydrogen-bond acceptors (Lipinski definition) is 3. The summed E-state index contributed by atoms with van der Waals surface area (Å²) in [6.07, 6.45) is 6.34. The molecule has 2 rings (SSSR count). The maximum absolute atomic E-state index is 9.74. The van der Waals surface area contributed by atoms with Crippen molar-refractivity contribution in [2.24, 2.45) is 5.73 Å². The second-order valence-electron chi connectivity index (χ2n) is 4.94. The molecule has 17 heavy (non-hydrogen) atoms.